The summed E-state index contributed by atoms with van der Waals surface area (Å²) in [6.45, 7) is -0.486. The fourth-order valence-corrected chi connectivity index (χ4v) is 2.03. The molecule has 0 aliphatic heterocycles. The number of aromatic nitrogens is 1. The van der Waals surface area contributed by atoms with Crippen molar-refractivity contribution in [2.45, 2.75) is 0 Å². The molecule has 1 aromatic heterocycles. The topological polar surface area (TPSA) is 88.5 Å². The Labute approximate surface area is 131 Å². The minimum atomic E-state index is -1.14. The summed E-state index contributed by atoms with van der Waals surface area (Å²) in [4.78, 5) is 26.4. The van der Waals surface area contributed by atoms with Crippen molar-refractivity contribution in [1.29, 1.82) is 0 Å². The lowest BCUT2D eigenvalue weighted by molar-refractivity contribution is -0.135. The Morgan fingerprint density at radius 3 is 2.73 bits per heavy atom. The zero-order valence-corrected chi connectivity index (χ0v) is 12.4. The Bertz CT molecular complexity index is 718. The number of carbonyl (C=O) groups is 2. The predicted octanol–water partition coefficient (Wildman–Crippen LogP) is 2.22. The maximum Gasteiger partial charge on any atom is 0.322 e. The van der Waals surface area contributed by atoms with Crippen LogP contribution in [0.25, 0.3) is 11.1 Å². The van der Waals surface area contributed by atoms with Gasteiger partial charge in [0.15, 0.2) is 11.4 Å². The van der Waals surface area contributed by atoms with Gasteiger partial charge >= 0.3 is 5.97 Å². The van der Waals surface area contributed by atoms with Crippen LogP contribution >= 0.6 is 11.6 Å². The summed E-state index contributed by atoms with van der Waals surface area (Å²) in [5.41, 5.74) is 1.58. The molecule has 0 radical (unpaired) electrons. The number of nitrogens with zero attached hydrogens (tertiary/aromatic N) is 1. The lowest BCUT2D eigenvalue weighted by Gasteiger charge is -2.10. The molecule has 1 heterocycles. The maximum atomic E-state index is 11.9. The summed E-state index contributed by atoms with van der Waals surface area (Å²) in [5.74, 6) is -1.50. The highest BCUT2D eigenvalue weighted by atomic mass is 35.5. The number of halogens is 1. The van der Waals surface area contributed by atoms with Gasteiger partial charge in [-0.15, -0.1) is 0 Å². The predicted molar refractivity (Wildman–Crippen MR) is 81.2 cm³/mol. The molecule has 0 spiro atoms. The summed E-state index contributed by atoms with van der Waals surface area (Å²) >= 11 is 5.95. The van der Waals surface area contributed by atoms with Crippen molar-refractivity contribution >= 4 is 23.5 Å². The number of pyridine rings is 1. The summed E-state index contributed by atoms with van der Waals surface area (Å²) in [6, 6.07) is 8.82. The van der Waals surface area contributed by atoms with Gasteiger partial charge < -0.3 is 15.2 Å². The molecule has 22 heavy (non-hydrogen) atoms. The molecule has 1 aromatic carbocycles. The van der Waals surface area contributed by atoms with Crippen LogP contribution in [0.15, 0.2) is 36.5 Å². The molecule has 0 aliphatic carbocycles. The Kier molecular flexibility index (Phi) is 4.95. The molecule has 0 fully saturated rings. The smallest absolute Gasteiger partial charge is 0.322 e. The van der Waals surface area contributed by atoms with Crippen molar-refractivity contribution in [2.24, 2.45) is 0 Å². The van der Waals surface area contributed by atoms with Crippen LogP contribution < -0.4 is 10.1 Å². The number of amides is 1. The lowest BCUT2D eigenvalue weighted by Crippen LogP contribution is -2.30. The molecular weight excluding hydrogens is 308 g/mol. The Balaban J connectivity index is 2.31. The molecule has 0 unspecified atom stereocenters. The van der Waals surface area contributed by atoms with Crippen LogP contribution in [0.5, 0.6) is 5.75 Å². The van der Waals surface area contributed by atoms with E-state index in [1.807, 2.05) is 6.07 Å². The van der Waals surface area contributed by atoms with Crippen molar-refractivity contribution in [2.75, 3.05) is 13.7 Å². The summed E-state index contributed by atoms with van der Waals surface area (Å²) < 4.78 is 5.16. The van der Waals surface area contributed by atoms with Gasteiger partial charge in [-0.05, 0) is 23.8 Å². The first kappa shape index (κ1) is 15.8. The SMILES string of the molecule is COc1cc(-c2cccc(Cl)c2)cnc1C(=O)NCC(=O)O. The van der Waals surface area contributed by atoms with E-state index >= 15 is 0 Å². The van der Waals surface area contributed by atoms with E-state index in [2.05, 4.69) is 10.3 Å². The van der Waals surface area contributed by atoms with Gasteiger partial charge in [-0.3, -0.25) is 9.59 Å². The molecule has 0 bridgehead atoms. The number of carboxylic acid groups (broad SMARTS) is 1. The van der Waals surface area contributed by atoms with Crippen LogP contribution in [0.4, 0.5) is 0 Å². The molecule has 0 aliphatic rings. The molecule has 7 heteroatoms. The number of methoxy groups -OCH3 is 1. The van der Waals surface area contributed by atoms with Gasteiger partial charge in [-0.25, -0.2) is 4.98 Å². The quantitative estimate of drug-likeness (QED) is 0.882. The van der Waals surface area contributed by atoms with Crippen molar-refractivity contribution in [1.82, 2.24) is 10.3 Å². The first-order valence-corrected chi connectivity index (χ1v) is 6.69. The number of benzene rings is 1. The van der Waals surface area contributed by atoms with E-state index in [4.69, 9.17) is 21.4 Å². The molecule has 0 saturated carbocycles. The van der Waals surface area contributed by atoms with E-state index in [0.29, 0.717) is 5.02 Å². The maximum absolute atomic E-state index is 11.9. The number of hydrogen-bond acceptors (Lipinski definition) is 4. The second kappa shape index (κ2) is 6.91. The van der Waals surface area contributed by atoms with Gasteiger partial charge in [0.25, 0.3) is 5.91 Å². The second-order valence-electron chi connectivity index (χ2n) is 4.36. The van der Waals surface area contributed by atoms with Gasteiger partial charge in [0.1, 0.15) is 6.54 Å². The van der Waals surface area contributed by atoms with Crippen molar-refractivity contribution in [3.05, 3.63) is 47.2 Å². The fourth-order valence-electron chi connectivity index (χ4n) is 1.84. The van der Waals surface area contributed by atoms with Gasteiger partial charge in [-0.2, -0.15) is 0 Å². The van der Waals surface area contributed by atoms with E-state index in [1.54, 1.807) is 24.3 Å². The lowest BCUT2D eigenvalue weighted by atomic mass is 10.1. The highest BCUT2D eigenvalue weighted by molar-refractivity contribution is 6.30. The number of carboxylic acids is 1. The Hall–Kier alpha value is -2.60. The number of aliphatic carboxylic acids is 1. The molecule has 6 nitrogen and oxygen atoms in total. The highest BCUT2D eigenvalue weighted by Crippen LogP contribution is 2.27. The van der Waals surface area contributed by atoms with E-state index in [1.165, 1.54) is 13.3 Å². The van der Waals surface area contributed by atoms with Crippen molar-refractivity contribution in [3.63, 3.8) is 0 Å². The fraction of sp³-hybridized carbons (Fsp3) is 0.133. The van der Waals surface area contributed by atoms with E-state index in [0.717, 1.165) is 11.1 Å². The molecular formula is C15H13ClN2O4. The van der Waals surface area contributed by atoms with Crippen LogP contribution in [0, 0.1) is 0 Å². The van der Waals surface area contributed by atoms with Gasteiger partial charge in [0.2, 0.25) is 0 Å². The average Bonchev–Trinajstić information content (AvgIpc) is 2.52. The van der Waals surface area contributed by atoms with E-state index < -0.39 is 18.4 Å². The third-order valence-corrected chi connectivity index (χ3v) is 3.08. The molecule has 2 aromatic rings. The van der Waals surface area contributed by atoms with Gasteiger partial charge in [-0.1, -0.05) is 23.7 Å². The minimum Gasteiger partial charge on any atom is -0.494 e. The van der Waals surface area contributed by atoms with Crippen LogP contribution in [-0.4, -0.2) is 35.6 Å². The number of hydrogen-bond donors (Lipinski definition) is 2. The molecule has 2 rings (SSSR count). The zero-order valence-electron chi connectivity index (χ0n) is 11.7. The van der Waals surface area contributed by atoms with Crippen LogP contribution in [0.1, 0.15) is 10.5 Å². The Morgan fingerprint density at radius 2 is 2.09 bits per heavy atom. The highest BCUT2D eigenvalue weighted by Gasteiger charge is 2.16. The second-order valence-corrected chi connectivity index (χ2v) is 4.80. The summed E-state index contributed by atoms with van der Waals surface area (Å²) in [5, 5.41) is 11.4. The zero-order chi connectivity index (χ0) is 16.1. The van der Waals surface area contributed by atoms with Crippen molar-refractivity contribution in [3.8, 4) is 16.9 Å². The third kappa shape index (κ3) is 3.73. The number of carbonyl (C=O) groups excluding carboxylic acids is 1. The normalized spacial score (nSPS) is 10.1. The number of rotatable bonds is 5. The molecule has 0 atom stereocenters. The monoisotopic (exact) mass is 320 g/mol. The minimum absolute atomic E-state index is 0.0227. The average molecular weight is 321 g/mol. The first-order chi connectivity index (χ1) is 10.5. The molecule has 114 valence electrons. The number of nitrogens with one attached hydrogen (secondary N) is 1. The van der Waals surface area contributed by atoms with Gasteiger partial charge in [0, 0.05) is 16.8 Å². The first-order valence-electron chi connectivity index (χ1n) is 6.31. The number of ether oxygens (including phenoxy) is 1. The Morgan fingerprint density at radius 1 is 1.32 bits per heavy atom. The largest absolute Gasteiger partial charge is 0.494 e. The molecule has 2 N–H and O–H groups in total. The van der Waals surface area contributed by atoms with Crippen LogP contribution in [-0.2, 0) is 4.79 Å². The summed E-state index contributed by atoms with van der Waals surface area (Å²) in [6.07, 6.45) is 1.50. The molecule has 0 saturated heterocycles. The van der Waals surface area contributed by atoms with E-state index in [9.17, 15) is 9.59 Å². The summed E-state index contributed by atoms with van der Waals surface area (Å²) in [7, 11) is 1.41. The van der Waals surface area contributed by atoms with E-state index in [-0.39, 0.29) is 11.4 Å². The van der Waals surface area contributed by atoms with Gasteiger partial charge in [0.05, 0.1) is 7.11 Å². The standard InChI is InChI=1S/C15H13ClN2O4/c1-22-12-6-10(9-3-2-4-11(16)5-9)7-17-14(12)15(21)18-8-13(19)20/h2-7H,8H2,1H3,(H,18,21)(H,19,20). The molecule has 1 amide bonds. The van der Waals surface area contributed by atoms with Crippen LogP contribution in [0.2, 0.25) is 5.02 Å². The third-order valence-electron chi connectivity index (χ3n) is 2.85. The van der Waals surface area contributed by atoms with Crippen LogP contribution in [0.3, 0.4) is 0 Å². The van der Waals surface area contributed by atoms with Crippen molar-refractivity contribution < 1.29 is 19.4 Å².